The highest BCUT2D eigenvalue weighted by Gasteiger charge is 2.34. The summed E-state index contributed by atoms with van der Waals surface area (Å²) in [5.41, 5.74) is 0. The van der Waals surface area contributed by atoms with E-state index in [1.54, 1.807) is 4.90 Å². The number of piperazine rings is 1. The van der Waals surface area contributed by atoms with Crippen molar-refractivity contribution in [1.82, 2.24) is 14.7 Å². The lowest BCUT2D eigenvalue weighted by Crippen LogP contribution is -2.56. The number of amides is 2. The largest absolute Gasteiger partial charge is 0.481 e. The van der Waals surface area contributed by atoms with Gasteiger partial charge in [-0.25, -0.2) is 4.79 Å². The molecule has 3 rings (SSSR count). The van der Waals surface area contributed by atoms with Crippen LogP contribution in [-0.4, -0.2) is 89.8 Å². The van der Waals surface area contributed by atoms with Crippen LogP contribution in [0, 0.1) is 0 Å². The molecule has 2 saturated heterocycles. The summed E-state index contributed by atoms with van der Waals surface area (Å²) in [6.45, 7) is 4.82. The van der Waals surface area contributed by atoms with Crippen molar-refractivity contribution < 1.29 is 19.4 Å². The Bertz CT molecular complexity index is 405. The molecule has 0 aromatic heterocycles. The topological polar surface area (TPSA) is 73.3 Å². The zero-order valence-electron chi connectivity index (χ0n) is 12.2. The lowest BCUT2D eigenvalue weighted by atomic mass is 10.2. The SMILES string of the molecule is O=C(O)CC1CN(C(=O)N2CCN(C3CC3)CC2)CCO1. The van der Waals surface area contributed by atoms with Gasteiger partial charge in [0.1, 0.15) is 0 Å². The van der Waals surface area contributed by atoms with Gasteiger partial charge in [0.05, 0.1) is 19.1 Å². The Kier molecular flexibility index (Phi) is 4.30. The second-order valence-corrected chi connectivity index (χ2v) is 6.07. The van der Waals surface area contributed by atoms with Gasteiger partial charge in [0.2, 0.25) is 0 Å². The van der Waals surface area contributed by atoms with E-state index in [0.717, 1.165) is 32.2 Å². The molecule has 21 heavy (non-hydrogen) atoms. The van der Waals surface area contributed by atoms with Gasteiger partial charge in [-0.15, -0.1) is 0 Å². The van der Waals surface area contributed by atoms with Gasteiger partial charge in [-0.3, -0.25) is 9.69 Å². The van der Waals surface area contributed by atoms with Crippen molar-refractivity contribution in [1.29, 1.82) is 0 Å². The Balaban J connectivity index is 1.49. The van der Waals surface area contributed by atoms with Crippen LogP contribution in [0.25, 0.3) is 0 Å². The summed E-state index contributed by atoms with van der Waals surface area (Å²) in [5, 5.41) is 8.83. The first-order valence-corrected chi connectivity index (χ1v) is 7.75. The molecule has 0 aromatic carbocycles. The van der Waals surface area contributed by atoms with Crippen LogP contribution in [0.1, 0.15) is 19.3 Å². The molecule has 7 heteroatoms. The van der Waals surface area contributed by atoms with Crippen LogP contribution in [0.3, 0.4) is 0 Å². The molecule has 7 nitrogen and oxygen atoms in total. The highest BCUT2D eigenvalue weighted by atomic mass is 16.5. The summed E-state index contributed by atoms with van der Waals surface area (Å²) in [7, 11) is 0. The molecule has 2 aliphatic heterocycles. The third-order valence-electron chi connectivity index (χ3n) is 4.46. The van der Waals surface area contributed by atoms with Crippen LogP contribution in [0.2, 0.25) is 0 Å². The highest BCUT2D eigenvalue weighted by Crippen LogP contribution is 2.27. The molecule has 1 unspecified atom stereocenters. The number of aliphatic carboxylic acids is 1. The molecule has 1 aliphatic carbocycles. The predicted octanol–water partition coefficient (Wildman–Crippen LogP) is 0.0619. The van der Waals surface area contributed by atoms with Crippen molar-refractivity contribution in [3.05, 3.63) is 0 Å². The number of carboxylic acid groups (broad SMARTS) is 1. The maximum atomic E-state index is 12.5. The summed E-state index contributed by atoms with van der Waals surface area (Å²) in [6, 6.07) is 0.787. The molecule has 0 radical (unpaired) electrons. The minimum Gasteiger partial charge on any atom is -0.481 e. The number of carbonyl (C=O) groups excluding carboxylic acids is 1. The van der Waals surface area contributed by atoms with E-state index in [4.69, 9.17) is 9.84 Å². The smallest absolute Gasteiger partial charge is 0.320 e. The molecule has 1 N–H and O–H groups in total. The zero-order valence-corrected chi connectivity index (χ0v) is 12.2. The van der Waals surface area contributed by atoms with Gasteiger partial charge in [0, 0.05) is 45.3 Å². The third-order valence-corrected chi connectivity index (χ3v) is 4.46. The molecule has 3 aliphatic rings. The van der Waals surface area contributed by atoms with Crippen molar-refractivity contribution >= 4 is 12.0 Å². The van der Waals surface area contributed by atoms with Crippen molar-refractivity contribution in [2.45, 2.75) is 31.4 Å². The number of hydrogen-bond donors (Lipinski definition) is 1. The van der Waals surface area contributed by atoms with E-state index in [9.17, 15) is 9.59 Å². The Morgan fingerprint density at radius 3 is 2.38 bits per heavy atom. The predicted molar refractivity (Wildman–Crippen MR) is 75.1 cm³/mol. The molecule has 3 fully saturated rings. The number of urea groups is 1. The Labute approximate surface area is 124 Å². The minimum atomic E-state index is -0.882. The number of carbonyl (C=O) groups is 2. The van der Waals surface area contributed by atoms with Crippen molar-refractivity contribution in [2.24, 2.45) is 0 Å². The lowest BCUT2D eigenvalue weighted by Gasteiger charge is -2.40. The fourth-order valence-corrected chi connectivity index (χ4v) is 3.13. The van der Waals surface area contributed by atoms with Crippen LogP contribution in [0.5, 0.6) is 0 Å². The second kappa shape index (κ2) is 6.19. The van der Waals surface area contributed by atoms with Crippen LogP contribution in [0.4, 0.5) is 4.79 Å². The van der Waals surface area contributed by atoms with Gasteiger partial charge in [-0.2, -0.15) is 0 Å². The molecule has 1 saturated carbocycles. The first-order chi connectivity index (χ1) is 10.1. The lowest BCUT2D eigenvalue weighted by molar-refractivity contribution is -0.141. The van der Waals surface area contributed by atoms with Crippen molar-refractivity contribution in [3.8, 4) is 0 Å². The summed E-state index contributed by atoms with van der Waals surface area (Å²) < 4.78 is 5.41. The Morgan fingerprint density at radius 2 is 1.76 bits per heavy atom. The number of ether oxygens (including phenoxy) is 1. The van der Waals surface area contributed by atoms with Crippen molar-refractivity contribution in [3.63, 3.8) is 0 Å². The molecular formula is C14H23N3O4. The maximum Gasteiger partial charge on any atom is 0.320 e. The van der Waals surface area contributed by atoms with Crippen molar-refractivity contribution in [2.75, 3.05) is 45.9 Å². The van der Waals surface area contributed by atoms with Crippen LogP contribution in [-0.2, 0) is 9.53 Å². The number of morpholine rings is 1. The standard InChI is InChI=1S/C14H23N3O4/c18-13(19)9-12-10-17(7-8-21-12)14(20)16-5-3-15(4-6-16)11-1-2-11/h11-12H,1-10H2,(H,18,19). The highest BCUT2D eigenvalue weighted by molar-refractivity contribution is 5.75. The second-order valence-electron chi connectivity index (χ2n) is 6.07. The van der Waals surface area contributed by atoms with E-state index in [1.165, 1.54) is 12.8 Å². The Hall–Kier alpha value is -1.34. The quantitative estimate of drug-likeness (QED) is 0.797. The first kappa shape index (κ1) is 14.6. The summed E-state index contributed by atoms with van der Waals surface area (Å²) >= 11 is 0. The molecule has 1 atom stereocenters. The maximum absolute atomic E-state index is 12.5. The Morgan fingerprint density at radius 1 is 1.05 bits per heavy atom. The normalized spacial score (nSPS) is 27.7. The third kappa shape index (κ3) is 3.65. The molecule has 0 spiro atoms. The van der Waals surface area contributed by atoms with E-state index in [-0.39, 0.29) is 18.6 Å². The molecule has 0 bridgehead atoms. The van der Waals surface area contributed by atoms with Gasteiger partial charge in [-0.1, -0.05) is 0 Å². The van der Waals surface area contributed by atoms with E-state index >= 15 is 0 Å². The fourth-order valence-electron chi connectivity index (χ4n) is 3.13. The van der Waals surface area contributed by atoms with Crippen LogP contribution in [0.15, 0.2) is 0 Å². The van der Waals surface area contributed by atoms with E-state index < -0.39 is 5.97 Å². The minimum absolute atomic E-state index is 0.0316. The summed E-state index contributed by atoms with van der Waals surface area (Å²) in [6.07, 6.45) is 2.18. The molecule has 118 valence electrons. The molecular weight excluding hydrogens is 274 g/mol. The van der Waals surface area contributed by atoms with Gasteiger partial charge >= 0.3 is 12.0 Å². The summed E-state index contributed by atoms with van der Waals surface area (Å²) in [4.78, 5) is 29.4. The van der Waals surface area contributed by atoms with E-state index in [2.05, 4.69) is 4.90 Å². The van der Waals surface area contributed by atoms with Crippen LogP contribution < -0.4 is 0 Å². The molecule has 2 heterocycles. The van der Waals surface area contributed by atoms with E-state index in [0.29, 0.717) is 19.7 Å². The number of hydrogen-bond acceptors (Lipinski definition) is 4. The number of carboxylic acids is 1. The van der Waals surface area contributed by atoms with Gasteiger partial charge in [-0.05, 0) is 12.8 Å². The molecule has 2 amide bonds. The number of nitrogens with zero attached hydrogens (tertiary/aromatic N) is 3. The van der Waals surface area contributed by atoms with Gasteiger partial charge < -0.3 is 19.6 Å². The fraction of sp³-hybridized carbons (Fsp3) is 0.857. The van der Waals surface area contributed by atoms with Gasteiger partial charge in [0.25, 0.3) is 0 Å². The van der Waals surface area contributed by atoms with Gasteiger partial charge in [0.15, 0.2) is 0 Å². The monoisotopic (exact) mass is 297 g/mol. The average Bonchev–Trinajstić information content (AvgIpc) is 3.31. The summed E-state index contributed by atoms with van der Waals surface area (Å²) in [5.74, 6) is -0.882. The first-order valence-electron chi connectivity index (χ1n) is 7.75. The molecule has 0 aromatic rings. The average molecular weight is 297 g/mol. The zero-order chi connectivity index (χ0) is 14.8. The van der Waals surface area contributed by atoms with Crippen LogP contribution >= 0.6 is 0 Å². The number of rotatable bonds is 3. The van der Waals surface area contributed by atoms with E-state index in [1.807, 2.05) is 4.90 Å².